The van der Waals surface area contributed by atoms with Gasteiger partial charge < -0.3 is 0 Å². The predicted octanol–water partition coefficient (Wildman–Crippen LogP) is 4.45. The van der Waals surface area contributed by atoms with Crippen molar-refractivity contribution in [2.45, 2.75) is 43.0 Å². The van der Waals surface area contributed by atoms with Crippen LogP contribution >= 0.6 is 0 Å². The first kappa shape index (κ1) is 18.2. The van der Waals surface area contributed by atoms with Gasteiger partial charge in [-0.2, -0.15) is 39.5 Å². The van der Waals surface area contributed by atoms with Gasteiger partial charge in [0.1, 0.15) is 0 Å². The van der Waals surface area contributed by atoms with Crippen molar-refractivity contribution in [3.05, 3.63) is 0 Å². The summed E-state index contributed by atoms with van der Waals surface area (Å²) >= 11 is 0. The lowest BCUT2D eigenvalue weighted by Gasteiger charge is -2.34. The zero-order chi connectivity index (χ0) is 15.9. The summed E-state index contributed by atoms with van der Waals surface area (Å²) in [6, 6.07) is 0. The fourth-order valence-electron chi connectivity index (χ4n) is 0.887. The van der Waals surface area contributed by atoms with Crippen molar-refractivity contribution in [3.8, 4) is 0 Å². The second-order valence-corrected chi connectivity index (χ2v) is 3.41. The van der Waals surface area contributed by atoms with E-state index in [-0.39, 0.29) is 0 Å². The van der Waals surface area contributed by atoms with Gasteiger partial charge in [-0.25, -0.2) is 13.2 Å². The number of halogens is 12. The monoisotopic (exact) mass is 316 g/mol. The van der Waals surface area contributed by atoms with E-state index < -0.39 is 43.0 Å². The summed E-state index contributed by atoms with van der Waals surface area (Å²) in [5, 5.41) is 0. The molecule has 0 aromatic carbocycles. The molecule has 0 radical (unpaired) electrons. The van der Waals surface area contributed by atoms with Gasteiger partial charge in [-0.15, -0.1) is 0 Å². The van der Waals surface area contributed by atoms with Crippen LogP contribution in [-0.4, -0.2) is 36.5 Å². The van der Waals surface area contributed by atoms with E-state index in [0.29, 0.717) is 0 Å². The van der Waals surface area contributed by atoms with E-state index >= 15 is 0 Å². The number of hydrogen-bond donors (Lipinski definition) is 0. The van der Waals surface area contributed by atoms with Crippen molar-refractivity contribution in [3.63, 3.8) is 0 Å². The van der Waals surface area contributed by atoms with Crippen LogP contribution in [0.4, 0.5) is 52.7 Å². The lowest BCUT2D eigenvalue weighted by atomic mass is 9.98. The minimum Gasteiger partial charge on any atom is -0.240 e. The van der Waals surface area contributed by atoms with Crippen LogP contribution in [-0.2, 0) is 0 Å². The molecule has 1 atom stereocenters. The van der Waals surface area contributed by atoms with Crippen LogP contribution in [0.25, 0.3) is 0 Å². The number of hydrogen-bond acceptors (Lipinski definition) is 0. The van der Waals surface area contributed by atoms with Gasteiger partial charge in [0.15, 0.2) is 6.17 Å². The molecule has 0 aromatic heterocycles. The second kappa shape index (κ2) is 4.93. The van der Waals surface area contributed by atoms with E-state index in [2.05, 4.69) is 0 Å². The maximum Gasteiger partial charge on any atom is 0.392 e. The third kappa shape index (κ3) is 3.38. The van der Waals surface area contributed by atoms with Crippen LogP contribution in [0.15, 0.2) is 0 Å². The van der Waals surface area contributed by atoms with Gasteiger partial charge in [-0.3, -0.25) is 0 Å². The normalized spacial score (nSPS) is 16.9. The summed E-state index contributed by atoms with van der Waals surface area (Å²) in [5.74, 6) is -20.3. The van der Waals surface area contributed by atoms with Crippen LogP contribution in [0, 0.1) is 0 Å². The van der Waals surface area contributed by atoms with E-state index in [4.69, 9.17) is 0 Å². The average Bonchev–Trinajstić information content (AvgIpc) is 2.13. The highest BCUT2D eigenvalue weighted by atomic mass is 19.4. The summed E-state index contributed by atoms with van der Waals surface area (Å²) in [7, 11) is 0. The fourth-order valence-corrected chi connectivity index (χ4v) is 0.887. The van der Waals surface area contributed by atoms with Gasteiger partial charge >= 0.3 is 30.4 Å². The molecule has 0 spiro atoms. The molecule has 0 heterocycles. The molecule has 0 aliphatic rings. The van der Waals surface area contributed by atoms with Crippen molar-refractivity contribution >= 4 is 0 Å². The number of rotatable bonds is 5. The SMILES string of the molecule is FC(F)C(F)(F)C(F)(F)C(F)(F)C(F)CC(F)(F)F. The summed E-state index contributed by atoms with van der Waals surface area (Å²) in [6.07, 6.45) is -19.0. The van der Waals surface area contributed by atoms with Crippen molar-refractivity contribution in [2.75, 3.05) is 0 Å². The maximum absolute atomic E-state index is 12.5. The highest BCUT2D eigenvalue weighted by Crippen LogP contribution is 2.51. The van der Waals surface area contributed by atoms with Gasteiger partial charge in [-0.1, -0.05) is 0 Å². The highest BCUT2D eigenvalue weighted by Gasteiger charge is 2.78. The molecule has 0 nitrogen and oxygen atoms in total. The Morgan fingerprint density at radius 1 is 0.632 bits per heavy atom. The van der Waals surface area contributed by atoms with Gasteiger partial charge in [0, 0.05) is 0 Å². The van der Waals surface area contributed by atoms with E-state index in [0.717, 1.165) is 0 Å². The largest absolute Gasteiger partial charge is 0.392 e. The lowest BCUT2D eigenvalue weighted by molar-refractivity contribution is -0.354. The Bertz CT molecular complexity index is 302. The quantitative estimate of drug-likeness (QED) is 0.658. The highest BCUT2D eigenvalue weighted by molar-refractivity contribution is 5.01. The molecule has 0 saturated heterocycles. The first-order valence-electron chi connectivity index (χ1n) is 4.19. The summed E-state index contributed by atoms with van der Waals surface area (Å²) in [6.45, 7) is 0. The zero-order valence-electron chi connectivity index (χ0n) is 8.40. The van der Waals surface area contributed by atoms with E-state index in [1.165, 1.54) is 0 Å². The molecule has 19 heavy (non-hydrogen) atoms. The van der Waals surface area contributed by atoms with Gasteiger partial charge in [0.2, 0.25) is 0 Å². The molecule has 0 aromatic rings. The molecule has 0 bridgehead atoms. The Morgan fingerprint density at radius 3 is 1.26 bits per heavy atom. The average molecular weight is 316 g/mol. The van der Waals surface area contributed by atoms with Crippen molar-refractivity contribution < 1.29 is 52.7 Å². The first-order valence-corrected chi connectivity index (χ1v) is 4.19. The number of alkyl halides is 12. The molecule has 1 unspecified atom stereocenters. The summed E-state index contributed by atoms with van der Waals surface area (Å²) < 4.78 is 144. The third-order valence-electron chi connectivity index (χ3n) is 1.92. The molecule has 0 amide bonds. The maximum atomic E-state index is 12.5. The Hall–Kier alpha value is -0.840. The summed E-state index contributed by atoms with van der Waals surface area (Å²) in [5.41, 5.74) is 0. The standard InChI is InChI=1S/C7H4F12/c8-2(1-4(11,12)13)5(14,15)7(18,19)6(16,17)3(9)10/h2-3H,1H2. The predicted molar refractivity (Wildman–Crippen MR) is 36.4 cm³/mol. The molecule has 0 saturated carbocycles. The van der Waals surface area contributed by atoms with Crippen molar-refractivity contribution in [1.29, 1.82) is 0 Å². The minimum atomic E-state index is -6.99. The third-order valence-corrected chi connectivity index (χ3v) is 1.92. The summed E-state index contributed by atoms with van der Waals surface area (Å²) in [4.78, 5) is 0. The molecule has 0 aliphatic carbocycles. The topological polar surface area (TPSA) is 0 Å². The van der Waals surface area contributed by atoms with Gasteiger partial charge in [0.25, 0.3) is 0 Å². The van der Waals surface area contributed by atoms with Crippen molar-refractivity contribution in [1.82, 2.24) is 0 Å². The Kier molecular flexibility index (Phi) is 4.71. The Labute approximate surface area is 96.9 Å². The van der Waals surface area contributed by atoms with Gasteiger partial charge in [-0.05, 0) is 0 Å². The molecule has 0 aliphatic heterocycles. The Balaban J connectivity index is 5.39. The van der Waals surface area contributed by atoms with E-state index in [1.54, 1.807) is 0 Å². The second-order valence-electron chi connectivity index (χ2n) is 3.41. The van der Waals surface area contributed by atoms with Crippen LogP contribution in [0.1, 0.15) is 6.42 Å². The molecule has 116 valence electrons. The molecule has 0 rings (SSSR count). The van der Waals surface area contributed by atoms with Crippen LogP contribution in [0.3, 0.4) is 0 Å². The molecule has 12 heteroatoms. The zero-order valence-corrected chi connectivity index (χ0v) is 8.40. The molecular weight excluding hydrogens is 312 g/mol. The first-order chi connectivity index (χ1) is 8.07. The van der Waals surface area contributed by atoms with Crippen molar-refractivity contribution in [2.24, 2.45) is 0 Å². The Morgan fingerprint density at radius 2 is 1.00 bits per heavy atom. The smallest absolute Gasteiger partial charge is 0.240 e. The molecular formula is C7H4F12. The van der Waals surface area contributed by atoms with Crippen LogP contribution in [0.5, 0.6) is 0 Å². The van der Waals surface area contributed by atoms with E-state index in [9.17, 15) is 52.7 Å². The van der Waals surface area contributed by atoms with Crippen LogP contribution < -0.4 is 0 Å². The fraction of sp³-hybridized carbons (Fsp3) is 1.00. The van der Waals surface area contributed by atoms with Gasteiger partial charge in [0.05, 0.1) is 6.42 Å². The molecule has 0 N–H and O–H groups in total. The molecule has 0 fully saturated rings. The minimum absolute atomic E-state index is 3.19. The van der Waals surface area contributed by atoms with E-state index in [1.807, 2.05) is 0 Å². The van der Waals surface area contributed by atoms with Crippen LogP contribution in [0.2, 0.25) is 0 Å². The lowest BCUT2D eigenvalue weighted by Crippen LogP contribution is -2.61.